The van der Waals surface area contributed by atoms with Gasteiger partial charge in [-0.15, -0.1) is 0 Å². The number of nitrogens with zero attached hydrogens (tertiary/aromatic N) is 2. The molecule has 0 fully saturated rings. The van der Waals surface area contributed by atoms with Gasteiger partial charge in [-0.2, -0.15) is 0 Å². The maximum absolute atomic E-state index is 13.8. The van der Waals surface area contributed by atoms with Gasteiger partial charge in [-0.1, -0.05) is 77.2 Å². The fraction of sp³-hybridized carbons (Fsp3) is 0.222. The zero-order chi connectivity index (χ0) is 25.8. The second-order valence-electron chi connectivity index (χ2n) is 7.82. The molecule has 0 saturated heterocycles. The van der Waals surface area contributed by atoms with Gasteiger partial charge in [0, 0.05) is 4.47 Å². The van der Waals surface area contributed by atoms with E-state index in [1.165, 1.54) is 18.4 Å². The van der Waals surface area contributed by atoms with E-state index in [2.05, 4.69) is 22.5 Å². The monoisotopic (exact) mass is 568 g/mol. The first-order valence-corrected chi connectivity index (χ1v) is 12.8. The Balaban J connectivity index is 1.93. The standard InChI is InChI=1S/C27H25BrN2O5S/c1-5-12-35-21-15-18(28)17(13-20(21)33-3)14-22-25(31)30-24(16-10-8-7-9-11-16)23(26(32)34-4)19(6-2)29-27(30)36-22/h5,7-11,13-15,24H,1,6,12H2,2-4H3/b22-14-/t24-/m0/s1. The summed E-state index contributed by atoms with van der Waals surface area (Å²) in [6.45, 7) is 5.93. The summed E-state index contributed by atoms with van der Waals surface area (Å²) in [5.74, 6) is 0.589. The van der Waals surface area contributed by atoms with E-state index < -0.39 is 12.0 Å². The van der Waals surface area contributed by atoms with Crippen LogP contribution >= 0.6 is 27.3 Å². The highest BCUT2D eigenvalue weighted by molar-refractivity contribution is 9.10. The van der Waals surface area contributed by atoms with Gasteiger partial charge in [0.25, 0.3) is 5.56 Å². The molecule has 1 aliphatic heterocycles. The number of carbonyl (C=O) groups excluding carboxylic acids is 1. The lowest BCUT2D eigenvalue weighted by atomic mass is 9.95. The van der Waals surface area contributed by atoms with Gasteiger partial charge in [0.15, 0.2) is 16.3 Å². The fourth-order valence-electron chi connectivity index (χ4n) is 4.04. The Morgan fingerprint density at radius 2 is 1.97 bits per heavy atom. The van der Waals surface area contributed by atoms with Crippen LogP contribution in [0.1, 0.15) is 30.5 Å². The minimum atomic E-state index is -0.639. The summed E-state index contributed by atoms with van der Waals surface area (Å²) in [7, 11) is 2.89. The molecule has 1 aliphatic rings. The molecule has 1 aromatic heterocycles. The minimum absolute atomic E-state index is 0.248. The number of hydrogen-bond acceptors (Lipinski definition) is 7. The third-order valence-corrected chi connectivity index (χ3v) is 7.36. The largest absolute Gasteiger partial charge is 0.493 e. The Labute approximate surface area is 220 Å². The number of aromatic nitrogens is 1. The highest BCUT2D eigenvalue weighted by Crippen LogP contribution is 2.34. The summed E-state index contributed by atoms with van der Waals surface area (Å²) >= 11 is 4.85. The number of methoxy groups -OCH3 is 2. The van der Waals surface area contributed by atoms with Crippen LogP contribution in [-0.2, 0) is 9.53 Å². The summed E-state index contributed by atoms with van der Waals surface area (Å²) in [6.07, 6.45) is 3.95. The zero-order valence-corrected chi connectivity index (χ0v) is 22.5. The van der Waals surface area contributed by atoms with E-state index in [0.717, 1.165) is 15.6 Å². The predicted molar refractivity (Wildman–Crippen MR) is 143 cm³/mol. The van der Waals surface area contributed by atoms with Gasteiger partial charge in [-0.25, -0.2) is 9.79 Å². The maximum atomic E-state index is 13.8. The van der Waals surface area contributed by atoms with Gasteiger partial charge in [-0.05, 0) is 35.8 Å². The first-order chi connectivity index (χ1) is 17.4. The zero-order valence-electron chi connectivity index (χ0n) is 20.1. The number of benzene rings is 2. The van der Waals surface area contributed by atoms with Crippen LogP contribution in [0.25, 0.3) is 6.08 Å². The molecule has 2 aromatic carbocycles. The third kappa shape index (κ3) is 4.81. The van der Waals surface area contributed by atoms with Crippen LogP contribution < -0.4 is 24.4 Å². The summed E-state index contributed by atoms with van der Waals surface area (Å²) < 4.78 is 19.0. The third-order valence-electron chi connectivity index (χ3n) is 5.69. The van der Waals surface area contributed by atoms with Crippen LogP contribution in [0.15, 0.2) is 80.6 Å². The van der Waals surface area contributed by atoms with Crippen molar-refractivity contribution in [2.24, 2.45) is 4.99 Å². The van der Waals surface area contributed by atoms with Gasteiger partial charge >= 0.3 is 5.97 Å². The normalized spacial score (nSPS) is 15.2. The van der Waals surface area contributed by atoms with Gasteiger partial charge in [0.1, 0.15) is 6.61 Å². The van der Waals surface area contributed by atoms with Crippen LogP contribution in [0, 0.1) is 0 Å². The first kappa shape index (κ1) is 25.7. The van der Waals surface area contributed by atoms with Crippen LogP contribution in [0.4, 0.5) is 0 Å². The lowest BCUT2D eigenvalue weighted by Gasteiger charge is -2.25. The molecule has 186 valence electrons. The molecule has 0 N–H and O–H groups in total. The Bertz CT molecular complexity index is 1520. The molecular formula is C27H25BrN2O5S. The number of rotatable bonds is 8. The van der Waals surface area contributed by atoms with Crippen molar-refractivity contribution in [3.05, 3.63) is 102 Å². The number of thiazole rings is 1. The lowest BCUT2D eigenvalue weighted by molar-refractivity contribution is -0.136. The molecule has 9 heteroatoms. The van der Waals surface area contributed by atoms with Gasteiger partial charge < -0.3 is 14.2 Å². The average molecular weight is 569 g/mol. The summed E-state index contributed by atoms with van der Waals surface area (Å²) in [4.78, 5) is 31.8. The summed E-state index contributed by atoms with van der Waals surface area (Å²) in [5.41, 5.74) is 2.27. The second kappa shape index (κ2) is 11.1. The van der Waals surface area contributed by atoms with E-state index in [1.807, 2.05) is 37.3 Å². The van der Waals surface area contributed by atoms with Crippen molar-refractivity contribution < 1.29 is 19.0 Å². The molecule has 1 atom stereocenters. The van der Waals surface area contributed by atoms with Crippen molar-refractivity contribution in [1.82, 2.24) is 4.57 Å². The molecule has 36 heavy (non-hydrogen) atoms. The van der Waals surface area contributed by atoms with E-state index in [9.17, 15) is 9.59 Å². The second-order valence-corrected chi connectivity index (χ2v) is 9.69. The Morgan fingerprint density at radius 3 is 2.61 bits per heavy atom. The van der Waals surface area contributed by atoms with Crippen LogP contribution in [-0.4, -0.2) is 31.4 Å². The molecule has 0 bridgehead atoms. The summed E-state index contributed by atoms with van der Waals surface area (Å²) in [5, 5.41) is 0. The molecule has 0 saturated carbocycles. The Morgan fingerprint density at radius 1 is 1.22 bits per heavy atom. The van der Waals surface area contributed by atoms with Crippen molar-refractivity contribution in [3.8, 4) is 11.5 Å². The fourth-order valence-corrected chi connectivity index (χ4v) is 5.49. The SMILES string of the molecule is C=CCOc1cc(Br)c(/C=c2\sc3n(c2=O)[C@@H](c2ccccc2)C(C(=O)OC)=C(CC)N=3)cc1OC. The predicted octanol–water partition coefficient (Wildman–Crippen LogP) is 4.13. The van der Waals surface area contributed by atoms with E-state index in [4.69, 9.17) is 19.2 Å². The molecule has 0 radical (unpaired) electrons. The topological polar surface area (TPSA) is 79.1 Å². The van der Waals surface area contributed by atoms with Gasteiger partial charge in [0.05, 0.1) is 36.1 Å². The number of esters is 1. The quantitative estimate of drug-likeness (QED) is 0.301. The van der Waals surface area contributed by atoms with E-state index in [-0.39, 0.29) is 5.56 Å². The smallest absolute Gasteiger partial charge is 0.338 e. The first-order valence-electron chi connectivity index (χ1n) is 11.2. The van der Waals surface area contributed by atoms with Crippen LogP contribution in [0.3, 0.4) is 0 Å². The number of allylic oxidation sites excluding steroid dienone is 1. The molecule has 4 rings (SSSR count). The van der Waals surface area contributed by atoms with Crippen molar-refractivity contribution in [3.63, 3.8) is 0 Å². The van der Waals surface area contributed by atoms with Crippen molar-refractivity contribution in [2.75, 3.05) is 20.8 Å². The van der Waals surface area contributed by atoms with Gasteiger partial charge in [0.2, 0.25) is 0 Å². The van der Waals surface area contributed by atoms with Crippen LogP contribution in [0.5, 0.6) is 11.5 Å². The van der Waals surface area contributed by atoms with Crippen molar-refractivity contribution in [1.29, 1.82) is 0 Å². The van der Waals surface area contributed by atoms with E-state index in [0.29, 0.717) is 45.1 Å². The van der Waals surface area contributed by atoms with Crippen molar-refractivity contribution >= 4 is 39.3 Å². The molecule has 7 nitrogen and oxygen atoms in total. The number of ether oxygens (including phenoxy) is 3. The average Bonchev–Trinajstić information content (AvgIpc) is 3.21. The lowest BCUT2D eigenvalue weighted by Crippen LogP contribution is -2.40. The van der Waals surface area contributed by atoms with Crippen LogP contribution in [0.2, 0.25) is 0 Å². The Hall–Kier alpha value is -3.43. The van der Waals surface area contributed by atoms with Gasteiger partial charge in [-0.3, -0.25) is 9.36 Å². The molecule has 0 unspecified atom stereocenters. The highest BCUT2D eigenvalue weighted by atomic mass is 79.9. The molecular weight excluding hydrogens is 544 g/mol. The molecule has 0 aliphatic carbocycles. The number of hydrogen-bond donors (Lipinski definition) is 0. The molecule has 2 heterocycles. The summed E-state index contributed by atoms with van der Waals surface area (Å²) in [6, 6.07) is 12.4. The van der Waals surface area contributed by atoms with Crippen molar-refractivity contribution in [2.45, 2.75) is 19.4 Å². The highest BCUT2D eigenvalue weighted by Gasteiger charge is 2.33. The number of carbonyl (C=O) groups is 1. The van der Waals surface area contributed by atoms with E-state index in [1.54, 1.807) is 36.0 Å². The minimum Gasteiger partial charge on any atom is -0.493 e. The maximum Gasteiger partial charge on any atom is 0.338 e. The number of halogens is 1. The molecule has 0 spiro atoms. The van der Waals surface area contributed by atoms with E-state index >= 15 is 0 Å². The molecule has 3 aromatic rings. The molecule has 0 amide bonds. The number of fused-ring (bicyclic) bond motifs is 1. The Kier molecular flexibility index (Phi) is 7.91.